The molecule has 0 saturated carbocycles. The Bertz CT molecular complexity index is 619. The van der Waals surface area contributed by atoms with E-state index in [1.165, 1.54) is 6.92 Å². The van der Waals surface area contributed by atoms with Crippen molar-refractivity contribution in [2.24, 2.45) is 11.7 Å². The Labute approximate surface area is 152 Å². The van der Waals surface area contributed by atoms with E-state index in [0.717, 1.165) is 5.56 Å². The third-order valence-corrected chi connectivity index (χ3v) is 3.97. The van der Waals surface area contributed by atoms with Crippen LogP contribution in [0.15, 0.2) is 30.3 Å². The quantitative estimate of drug-likeness (QED) is 0.405. The van der Waals surface area contributed by atoms with Crippen molar-refractivity contribution < 1.29 is 24.6 Å². The molecule has 0 radical (unpaired) electrons. The number of carboxylic acids is 1. The van der Waals surface area contributed by atoms with E-state index in [1.54, 1.807) is 38.1 Å². The highest BCUT2D eigenvalue weighted by atomic mass is 16.4. The van der Waals surface area contributed by atoms with Gasteiger partial charge in [0, 0.05) is 6.42 Å². The van der Waals surface area contributed by atoms with Gasteiger partial charge in [-0.25, -0.2) is 4.79 Å². The molecule has 8 nitrogen and oxygen atoms in total. The molecule has 26 heavy (non-hydrogen) atoms. The van der Waals surface area contributed by atoms with E-state index in [-0.39, 0.29) is 12.3 Å². The van der Waals surface area contributed by atoms with Gasteiger partial charge in [-0.05, 0) is 18.4 Å². The van der Waals surface area contributed by atoms with Gasteiger partial charge in [-0.1, -0.05) is 44.2 Å². The Morgan fingerprint density at radius 3 is 2.08 bits per heavy atom. The summed E-state index contributed by atoms with van der Waals surface area (Å²) < 4.78 is 0. The molecule has 8 heteroatoms. The molecule has 0 aliphatic heterocycles. The predicted octanol–water partition coefficient (Wildman–Crippen LogP) is -0.353. The maximum atomic E-state index is 12.5. The van der Waals surface area contributed by atoms with E-state index in [9.17, 15) is 24.6 Å². The Balaban J connectivity index is 2.83. The van der Waals surface area contributed by atoms with E-state index in [4.69, 9.17) is 5.73 Å². The van der Waals surface area contributed by atoms with Gasteiger partial charge in [-0.15, -0.1) is 0 Å². The molecule has 4 atom stereocenters. The number of nitrogens with two attached hydrogens (primary N) is 1. The summed E-state index contributed by atoms with van der Waals surface area (Å²) in [6.07, 6.45) is -0.954. The zero-order valence-corrected chi connectivity index (χ0v) is 15.2. The van der Waals surface area contributed by atoms with Crippen molar-refractivity contribution in [3.8, 4) is 0 Å². The summed E-state index contributed by atoms with van der Waals surface area (Å²) >= 11 is 0. The lowest BCUT2D eigenvalue weighted by molar-refractivity contribution is -0.142. The van der Waals surface area contributed by atoms with Gasteiger partial charge in [0.1, 0.15) is 18.1 Å². The first-order chi connectivity index (χ1) is 12.1. The van der Waals surface area contributed by atoms with Gasteiger partial charge in [0.25, 0.3) is 0 Å². The van der Waals surface area contributed by atoms with Crippen LogP contribution in [0.2, 0.25) is 0 Å². The third-order valence-electron chi connectivity index (χ3n) is 3.97. The van der Waals surface area contributed by atoms with Gasteiger partial charge < -0.3 is 26.6 Å². The Morgan fingerprint density at radius 2 is 1.62 bits per heavy atom. The molecule has 144 valence electrons. The number of aliphatic hydroxyl groups excluding tert-OH is 1. The van der Waals surface area contributed by atoms with Crippen molar-refractivity contribution in [3.63, 3.8) is 0 Å². The first-order valence-electron chi connectivity index (χ1n) is 8.44. The minimum absolute atomic E-state index is 0.119. The van der Waals surface area contributed by atoms with Gasteiger partial charge in [-0.2, -0.15) is 0 Å². The molecule has 2 amide bonds. The second-order valence-electron chi connectivity index (χ2n) is 6.59. The maximum Gasteiger partial charge on any atom is 0.326 e. The van der Waals surface area contributed by atoms with Crippen LogP contribution < -0.4 is 16.4 Å². The smallest absolute Gasteiger partial charge is 0.326 e. The largest absolute Gasteiger partial charge is 0.480 e. The van der Waals surface area contributed by atoms with E-state index in [0.29, 0.717) is 0 Å². The molecule has 0 fully saturated rings. The molecule has 0 bridgehead atoms. The number of aliphatic carboxylic acids is 1. The standard InChI is InChI=1S/C18H27N3O5/c1-10(2)15(21-16(23)14(19)11(3)22)17(24)20-13(18(25)26)9-12-7-5-4-6-8-12/h4-8,10-11,13-15,22H,9,19H2,1-3H3,(H,20,24)(H,21,23)(H,25,26)/t11-,13+,14+,15+/m1/s1. The van der Waals surface area contributed by atoms with E-state index < -0.39 is 42.0 Å². The highest BCUT2D eigenvalue weighted by Gasteiger charge is 2.30. The number of amides is 2. The molecule has 6 N–H and O–H groups in total. The SMILES string of the molecule is CC(C)[C@H](NC(=O)[C@@H](N)[C@@H](C)O)C(=O)N[C@@H](Cc1ccccc1)C(=O)O. The van der Waals surface area contributed by atoms with Crippen LogP contribution in [0, 0.1) is 5.92 Å². The molecule has 0 unspecified atom stereocenters. The molecule has 1 rings (SSSR count). The second-order valence-corrected chi connectivity index (χ2v) is 6.59. The van der Waals surface area contributed by atoms with Crippen molar-refractivity contribution >= 4 is 17.8 Å². The van der Waals surface area contributed by atoms with E-state index >= 15 is 0 Å². The van der Waals surface area contributed by atoms with Crippen LogP contribution in [0.4, 0.5) is 0 Å². The zero-order chi connectivity index (χ0) is 19.9. The van der Waals surface area contributed by atoms with Crippen molar-refractivity contribution in [2.75, 3.05) is 0 Å². The lowest BCUT2D eigenvalue weighted by Gasteiger charge is -2.26. The Kier molecular flexibility index (Phi) is 8.21. The van der Waals surface area contributed by atoms with Crippen LogP contribution in [0.3, 0.4) is 0 Å². The third kappa shape index (κ3) is 6.45. The average Bonchev–Trinajstić information content (AvgIpc) is 2.58. The van der Waals surface area contributed by atoms with E-state index in [2.05, 4.69) is 10.6 Å². The van der Waals surface area contributed by atoms with Gasteiger partial charge in [-0.3, -0.25) is 9.59 Å². The van der Waals surface area contributed by atoms with Crippen molar-refractivity contribution in [3.05, 3.63) is 35.9 Å². The summed E-state index contributed by atoms with van der Waals surface area (Å²) in [5, 5.41) is 23.7. The number of rotatable bonds is 9. The number of nitrogens with one attached hydrogen (secondary N) is 2. The number of carbonyl (C=O) groups is 3. The molecule has 0 heterocycles. The molecular weight excluding hydrogens is 338 g/mol. The van der Waals surface area contributed by atoms with Crippen LogP contribution in [0.1, 0.15) is 26.3 Å². The summed E-state index contributed by atoms with van der Waals surface area (Å²) in [6.45, 7) is 4.80. The average molecular weight is 365 g/mol. The van der Waals surface area contributed by atoms with Crippen LogP contribution >= 0.6 is 0 Å². The van der Waals surface area contributed by atoms with Crippen LogP contribution in [-0.4, -0.2) is 52.2 Å². The monoisotopic (exact) mass is 365 g/mol. The highest BCUT2D eigenvalue weighted by molar-refractivity contribution is 5.92. The zero-order valence-electron chi connectivity index (χ0n) is 15.2. The molecule has 0 saturated heterocycles. The number of aliphatic hydroxyl groups is 1. The molecule has 0 aliphatic rings. The number of hydrogen-bond donors (Lipinski definition) is 5. The van der Waals surface area contributed by atoms with Gasteiger partial charge >= 0.3 is 5.97 Å². The van der Waals surface area contributed by atoms with Crippen LogP contribution in [0.5, 0.6) is 0 Å². The normalized spacial score (nSPS) is 15.6. The summed E-state index contributed by atoms with van der Waals surface area (Å²) in [5.74, 6) is -2.76. The minimum atomic E-state index is -1.18. The van der Waals surface area contributed by atoms with Crippen molar-refractivity contribution in [2.45, 2.75) is 51.4 Å². The lowest BCUT2D eigenvalue weighted by atomic mass is 10.0. The summed E-state index contributed by atoms with van der Waals surface area (Å²) in [7, 11) is 0. The van der Waals surface area contributed by atoms with Crippen LogP contribution in [-0.2, 0) is 20.8 Å². The van der Waals surface area contributed by atoms with Crippen molar-refractivity contribution in [1.29, 1.82) is 0 Å². The fraction of sp³-hybridized carbons (Fsp3) is 0.500. The molecule has 1 aromatic rings. The predicted molar refractivity (Wildman–Crippen MR) is 96.1 cm³/mol. The first-order valence-corrected chi connectivity index (χ1v) is 8.44. The van der Waals surface area contributed by atoms with Gasteiger partial charge in [0.15, 0.2) is 0 Å². The highest BCUT2D eigenvalue weighted by Crippen LogP contribution is 2.07. The maximum absolute atomic E-state index is 12.5. The van der Waals surface area contributed by atoms with E-state index in [1.807, 2.05) is 6.07 Å². The van der Waals surface area contributed by atoms with Crippen molar-refractivity contribution in [1.82, 2.24) is 10.6 Å². The Morgan fingerprint density at radius 1 is 1.04 bits per heavy atom. The first kappa shape index (κ1) is 21.6. The fourth-order valence-electron chi connectivity index (χ4n) is 2.31. The topological polar surface area (TPSA) is 142 Å². The number of benzene rings is 1. The van der Waals surface area contributed by atoms with Crippen LogP contribution in [0.25, 0.3) is 0 Å². The number of hydrogen-bond acceptors (Lipinski definition) is 5. The molecule has 0 aromatic heterocycles. The molecule has 0 aliphatic carbocycles. The van der Waals surface area contributed by atoms with Gasteiger partial charge in [0.05, 0.1) is 6.10 Å². The molecule has 1 aromatic carbocycles. The second kappa shape index (κ2) is 9.88. The summed E-state index contributed by atoms with van der Waals surface area (Å²) in [6, 6.07) is 5.64. The summed E-state index contributed by atoms with van der Waals surface area (Å²) in [4.78, 5) is 36.0. The lowest BCUT2D eigenvalue weighted by Crippen LogP contribution is -2.58. The number of carboxylic acid groups (broad SMARTS) is 1. The minimum Gasteiger partial charge on any atom is -0.480 e. The molecular formula is C18H27N3O5. The summed E-state index contributed by atoms with van der Waals surface area (Å²) in [5.41, 5.74) is 6.34. The van der Waals surface area contributed by atoms with Gasteiger partial charge in [0.2, 0.25) is 11.8 Å². The molecule has 0 spiro atoms. The Hall–Kier alpha value is -2.45. The number of carbonyl (C=O) groups excluding carboxylic acids is 2. The fourth-order valence-corrected chi connectivity index (χ4v) is 2.31.